The van der Waals surface area contributed by atoms with Gasteiger partial charge in [0.1, 0.15) is 0 Å². The molecule has 0 aliphatic heterocycles. The van der Waals surface area contributed by atoms with Crippen molar-refractivity contribution in [1.82, 2.24) is 0 Å². The van der Waals surface area contributed by atoms with E-state index in [9.17, 15) is 0 Å². The maximum absolute atomic E-state index is 5.26. The van der Waals surface area contributed by atoms with Crippen LogP contribution in [0.25, 0.3) is 0 Å². The average molecular weight is 282 g/mol. The number of nitrogens with zero attached hydrogens (tertiary/aromatic N) is 1. The second-order valence-electron chi connectivity index (χ2n) is 5.10. The Kier molecular flexibility index (Phi) is 9.27. The number of hydrogen-bond acceptors (Lipinski definition) is 0. The van der Waals surface area contributed by atoms with Crippen molar-refractivity contribution in [2.75, 3.05) is 19.6 Å². The van der Waals surface area contributed by atoms with Crippen LogP contribution in [0.2, 0.25) is 0 Å². The number of hydrogen-bond donors (Lipinski definition) is 0. The molecule has 0 aliphatic carbocycles. The molecule has 0 aromatic heterocycles. The quantitative estimate of drug-likeness (QED) is 0.413. The molecule has 1 radical (unpaired) electrons. The van der Waals surface area contributed by atoms with Gasteiger partial charge in [0.2, 0.25) is 0 Å². The second kappa shape index (κ2) is 7.76. The monoisotopic (exact) mass is 282 g/mol. The fourth-order valence-corrected chi connectivity index (χ4v) is 1.60. The van der Waals surface area contributed by atoms with Gasteiger partial charge in [-0.2, -0.15) is 7.05 Å². The van der Waals surface area contributed by atoms with Gasteiger partial charge in [-0.3, -0.25) is 0 Å². The zero-order valence-corrected chi connectivity index (χ0v) is 13.4. The second-order valence-corrected chi connectivity index (χ2v) is 5.10. The van der Waals surface area contributed by atoms with Crippen LogP contribution in [0.3, 0.4) is 0 Å². The van der Waals surface area contributed by atoms with E-state index < -0.39 is 0 Å². The van der Waals surface area contributed by atoms with Crippen molar-refractivity contribution in [2.45, 2.75) is 27.7 Å². The van der Waals surface area contributed by atoms with Gasteiger partial charge in [-0.25, -0.2) is 0 Å². The van der Waals surface area contributed by atoms with Crippen LogP contribution in [-0.4, -0.2) is 24.1 Å². The predicted octanol–water partition coefficient (Wildman–Crippen LogP) is 3.01. The zero-order valence-electron chi connectivity index (χ0n) is 10.6. The largest absolute Gasteiger partial charge is 0.469 e. The van der Waals surface area contributed by atoms with Crippen LogP contribution in [0.4, 0.5) is 0 Å². The van der Waals surface area contributed by atoms with E-state index >= 15 is 0 Å². The maximum Gasteiger partial charge on any atom is 0.0585 e. The van der Waals surface area contributed by atoms with Crippen molar-refractivity contribution in [1.29, 1.82) is 0 Å². The van der Waals surface area contributed by atoms with Crippen LogP contribution in [-0.2, 0) is 32.7 Å². The molecule has 1 nitrogen and oxygen atoms in total. The molecule has 0 N–H and O–H groups in total. The molecule has 15 heavy (non-hydrogen) atoms. The molecule has 0 bridgehead atoms. The topological polar surface area (TPSA) is 0 Å². The molecule has 1 atom stereocenters. The Labute approximate surface area is 121 Å². The summed E-state index contributed by atoms with van der Waals surface area (Å²) in [6, 6.07) is 0. The zero-order chi connectivity index (χ0) is 11.2. The summed E-state index contributed by atoms with van der Waals surface area (Å²) in [5.74, 6) is 0. The first-order chi connectivity index (χ1) is 6.33. The van der Waals surface area contributed by atoms with Gasteiger partial charge < -0.3 is 29.3 Å². The van der Waals surface area contributed by atoms with E-state index in [1.165, 1.54) is 6.08 Å². The van der Waals surface area contributed by atoms with E-state index in [1.807, 2.05) is 0 Å². The van der Waals surface area contributed by atoms with Gasteiger partial charge in [0.05, 0.1) is 13.1 Å². The first-order valence-electron chi connectivity index (χ1n) is 5.13. The Hall–Kier alpha value is 0.544. The van der Waals surface area contributed by atoms with Crippen LogP contribution in [0.5, 0.6) is 0 Å². The number of rotatable bonds is 5. The van der Waals surface area contributed by atoms with E-state index in [0.717, 1.165) is 24.1 Å². The minimum absolute atomic E-state index is 0. The summed E-state index contributed by atoms with van der Waals surface area (Å²) < 4.78 is 0.772. The number of likely N-dealkylation sites (N-methyl/N-ethyl adjacent to an activating group) is 1. The predicted molar refractivity (Wildman–Crippen MR) is 62.0 cm³/mol. The summed E-state index contributed by atoms with van der Waals surface area (Å²) in [7, 11) is 4.25. The van der Waals surface area contributed by atoms with Gasteiger partial charge in [0, 0.05) is 38.1 Å². The smallest absolute Gasteiger partial charge is 0.0585 e. The van der Waals surface area contributed by atoms with Gasteiger partial charge in [0.15, 0.2) is 0 Å². The molecule has 0 heterocycles. The van der Waals surface area contributed by atoms with Crippen LogP contribution in [0, 0.1) is 25.1 Å². The first-order valence-corrected chi connectivity index (χ1v) is 5.13. The van der Waals surface area contributed by atoms with E-state index in [0.29, 0.717) is 5.41 Å². The molecule has 0 aromatic carbocycles. The van der Waals surface area contributed by atoms with Crippen molar-refractivity contribution in [3.05, 3.63) is 31.9 Å². The Morgan fingerprint density at radius 3 is 2.27 bits per heavy atom. The third kappa shape index (κ3) is 9.47. The van der Waals surface area contributed by atoms with Crippen LogP contribution >= 0.6 is 0 Å². The van der Waals surface area contributed by atoms with Crippen molar-refractivity contribution < 1.29 is 37.2 Å². The van der Waals surface area contributed by atoms with E-state index in [1.54, 1.807) is 6.08 Å². The molecule has 0 spiro atoms. The molecular weight excluding hydrogens is 259 g/mol. The van der Waals surface area contributed by atoms with Gasteiger partial charge in [0.25, 0.3) is 0 Å². The molecule has 0 saturated carbocycles. The van der Waals surface area contributed by atoms with Crippen molar-refractivity contribution in [2.24, 2.45) is 5.41 Å². The molecule has 0 aromatic rings. The summed E-state index contributed by atoms with van der Waals surface area (Å²) in [4.78, 5) is 0. The van der Waals surface area contributed by atoms with Gasteiger partial charge in [-0.05, 0) is 13.5 Å². The summed E-state index contributed by atoms with van der Waals surface area (Å²) in [6.45, 7) is 17.0. The number of quaternary nitrogens is 1. The van der Waals surface area contributed by atoms with E-state index in [2.05, 4.69) is 40.8 Å². The fourth-order valence-electron chi connectivity index (χ4n) is 1.60. The molecule has 85 valence electrons. The summed E-state index contributed by atoms with van der Waals surface area (Å²) in [5.41, 5.74) is 0.297. The molecule has 2 heteroatoms. The third-order valence-electron chi connectivity index (χ3n) is 2.12. The standard InChI is InChI=1S/C13H23N.Y/c1-7-9-10-11-14(6,8-2)12-13(3,4)5;/h1,7,9H,6,8,11-12H2,2-5H3;/q-2;. The average Bonchev–Trinajstić information content (AvgIpc) is 2.02. The van der Waals surface area contributed by atoms with Gasteiger partial charge in [-0.15, -0.1) is 0 Å². The SMILES string of the molecule is [CH-]=CC=[C-]C[N+]([CH2-])(CC)CC(C)(C)C.[Y]. The van der Waals surface area contributed by atoms with Crippen molar-refractivity contribution in [3.8, 4) is 0 Å². The maximum atomic E-state index is 5.26. The minimum atomic E-state index is 0. The fraction of sp³-hybridized carbons (Fsp3) is 0.615. The van der Waals surface area contributed by atoms with Crippen LogP contribution in [0.15, 0.2) is 12.2 Å². The summed E-state index contributed by atoms with van der Waals surface area (Å²) in [5, 5.41) is 0. The third-order valence-corrected chi connectivity index (χ3v) is 2.12. The minimum Gasteiger partial charge on any atom is -0.469 e. The van der Waals surface area contributed by atoms with Crippen molar-refractivity contribution >= 4 is 0 Å². The molecule has 0 amide bonds. The molecular formula is C13H23NY-2. The Balaban J connectivity index is 0. The molecule has 1 unspecified atom stereocenters. The van der Waals surface area contributed by atoms with E-state index in [4.69, 9.17) is 6.58 Å². The molecule has 0 fully saturated rings. The molecule has 0 saturated heterocycles. The van der Waals surface area contributed by atoms with Crippen LogP contribution < -0.4 is 0 Å². The van der Waals surface area contributed by atoms with E-state index in [-0.39, 0.29) is 32.7 Å². The Morgan fingerprint density at radius 2 is 1.93 bits per heavy atom. The molecule has 0 rings (SSSR count). The van der Waals surface area contributed by atoms with Crippen LogP contribution in [0.1, 0.15) is 27.7 Å². The normalized spacial score (nSPS) is 15.8. The van der Waals surface area contributed by atoms with Gasteiger partial charge >= 0.3 is 0 Å². The first kappa shape index (κ1) is 17.9. The Bertz CT molecular complexity index is 203. The summed E-state index contributed by atoms with van der Waals surface area (Å²) in [6.07, 6.45) is 6.42. The van der Waals surface area contributed by atoms with Gasteiger partial charge in [-0.1, -0.05) is 20.8 Å². The van der Waals surface area contributed by atoms with Crippen molar-refractivity contribution in [3.63, 3.8) is 0 Å². The summed E-state index contributed by atoms with van der Waals surface area (Å²) >= 11 is 0. The number of allylic oxidation sites excluding steroid dienone is 2. The Morgan fingerprint density at radius 1 is 1.40 bits per heavy atom. The molecule has 0 aliphatic rings.